The van der Waals surface area contributed by atoms with Gasteiger partial charge >= 0.3 is 5.91 Å². The number of benzene rings is 3. The van der Waals surface area contributed by atoms with Crippen molar-refractivity contribution in [3.63, 3.8) is 0 Å². The quantitative estimate of drug-likeness (QED) is 0.344. The number of hydrogen-bond acceptors (Lipinski definition) is 5. The molecule has 7 heteroatoms. The number of carbonyl (C=O) groups is 1. The highest BCUT2D eigenvalue weighted by Gasteiger charge is 2.09. The van der Waals surface area contributed by atoms with Gasteiger partial charge in [-0.25, -0.2) is 5.43 Å². The fourth-order valence-corrected chi connectivity index (χ4v) is 2.65. The normalized spacial score (nSPS) is 11.3. The standard InChI is InChI=1S/C17H12N6O/c24-17(16-19-22-23-20-16)21-18-10-15-13-7-3-1-5-11(13)9-12-6-2-4-8-14(12)15/h1-10H,(H,21,24)(H,19,20,22,23)/b18-10+. The monoisotopic (exact) mass is 316 g/mol. The van der Waals surface area contributed by atoms with Crippen molar-refractivity contribution in [2.24, 2.45) is 5.10 Å². The minimum atomic E-state index is -0.524. The van der Waals surface area contributed by atoms with Crippen LogP contribution in [0.1, 0.15) is 16.2 Å². The first-order valence-electron chi connectivity index (χ1n) is 7.30. The van der Waals surface area contributed by atoms with Crippen molar-refractivity contribution in [1.29, 1.82) is 0 Å². The Labute approximate surface area is 136 Å². The molecular weight excluding hydrogens is 304 g/mol. The lowest BCUT2D eigenvalue weighted by molar-refractivity contribution is 0.0945. The molecule has 24 heavy (non-hydrogen) atoms. The highest BCUT2D eigenvalue weighted by atomic mass is 16.2. The molecule has 2 N–H and O–H groups in total. The van der Waals surface area contributed by atoms with Crippen molar-refractivity contribution in [2.75, 3.05) is 0 Å². The summed E-state index contributed by atoms with van der Waals surface area (Å²) in [5.74, 6) is -0.584. The molecule has 7 nitrogen and oxygen atoms in total. The zero-order valence-electron chi connectivity index (χ0n) is 12.5. The van der Waals surface area contributed by atoms with Gasteiger partial charge in [-0.3, -0.25) is 4.79 Å². The van der Waals surface area contributed by atoms with E-state index in [9.17, 15) is 4.79 Å². The molecule has 0 saturated heterocycles. The van der Waals surface area contributed by atoms with Crippen molar-refractivity contribution in [3.05, 3.63) is 66.0 Å². The second kappa shape index (κ2) is 5.88. The van der Waals surface area contributed by atoms with Gasteiger partial charge in [0.25, 0.3) is 5.82 Å². The van der Waals surface area contributed by atoms with Crippen LogP contribution in [-0.2, 0) is 0 Å². The summed E-state index contributed by atoms with van der Waals surface area (Å²) in [6.07, 6.45) is 1.64. The molecule has 1 amide bonds. The van der Waals surface area contributed by atoms with Crippen LogP contribution in [-0.4, -0.2) is 32.7 Å². The number of H-pyrrole nitrogens is 1. The number of carbonyl (C=O) groups excluding carboxylic acids is 1. The average Bonchev–Trinajstić information content (AvgIpc) is 3.16. The van der Waals surface area contributed by atoms with E-state index in [4.69, 9.17) is 0 Å². The van der Waals surface area contributed by atoms with Crippen LogP contribution in [0.4, 0.5) is 0 Å². The van der Waals surface area contributed by atoms with Gasteiger partial charge in [0, 0.05) is 5.56 Å². The van der Waals surface area contributed by atoms with Gasteiger partial charge in [-0.2, -0.15) is 10.3 Å². The van der Waals surface area contributed by atoms with Crippen molar-refractivity contribution in [3.8, 4) is 0 Å². The number of fused-ring (bicyclic) bond motifs is 2. The molecule has 0 fully saturated rings. The van der Waals surface area contributed by atoms with Gasteiger partial charge in [-0.05, 0) is 32.8 Å². The Balaban J connectivity index is 1.76. The molecule has 0 aliphatic carbocycles. The molecule has 1 heterocycles. The predicted molar refractivity (Wildman–Crippen MR) is 90.7 cm³/mol. The van der Waals surface area contributed by atoms with E-state index < -0.39 is 5.91 Å². The van der Waals surface area contributed by atoms with Gasteiger partial charge in [0.1, 0.15) is 0 Å². The topological polar surface area (TPSA) is 95.9 Å². The fraction of sp³-hybridized carbons (Fsp3) is 0. The number of aromatic nitrogens is 4. The molecule has 0 spiro atoms. The smallest absolute Gasteiger partial charge is 0.264 e. The lowest BCUT2D eigenvalue weighted by Gasteiger charge is -2.07. The number of nitrogens with one attached hydrogen (secondary N) is 2. The van der Waals surface area contributed by atoms with E-state index in [1.54, 1.807) is 6.21 Å². The van der Waals surface area contributed by atoms with E-state index in [0.717, 1.165) is 27.1 Å². The fourth-order valence-electron chi connectivity index (χ4n) is 2.65. The van der Waals surface area contributed by atoms with E-state index in [1.165, 1.54) is 0 Å². The number of tetrazole rings is 1. The molecule has 0 saturated carbocycles. The predicted octanol–water partition coefficient (Wildman–Crippen LogP) is 2.27. The minimum Gasteiger partial charge on any atom is -0.264 e. The number of rotatable bonds is 3. The van der Waals surface area contributed by atoms with Gasteiger partial charge in [0.15, 0.2) is 0 Å². The minimum absolute atomic E-state index is 0.0603. The third-order valence-corrected chi connectivity index (χ3v) is 3.72. The van der Waals surface area contributed by atoms with Crippen LogP contribution in [0.5, 0.6) is 0 Å². The molecule has 0 radical (unpaired) electrons. The highest BCUT2D eigenvalue weighted by Crippen LogP contribution is 2.27. The average molecular weight is 316 g/mol. The first-order valence-corrected chi connectivity index (χ1v) is 7.30. The van der Waals surface area contributed by atoms with Crippen molar-refractivity contribution >= 4 is 33.7 Å². The highest BCUT2D eigenvalue weighted by molar-refractivity contribution is 6.13. The summed E-state index contributed by atoms with van der Waals surface area (Å²) in [5, 5.41) is 21.2. The summed E-state index contributed by atoms with van der Waals surface area (Å²) in [7, 11) is 0. The van der Waals surface area contributed by atoms with E-state index in [2.05, 4.69) is 49.4 Å². The molecule has 0 unspecified atom stereocenters. The van der Waals surface area contributed by atoms with E-state index in [-0.39, 0.29) is 5.82 Å². The lowest BCUT2D eigenvalue weighted by atomic mass is 9.97. The van der Waals surface area contributed by atoms with Crippen LogP contribution < -0.4 is 5.43 Å². The number of hydrogen-bond donors (Lipinski definition) is 2. The molecule has 0 atom stereocenters. The molecular formula is C17H12N6O. The number of amides is 1. The molecule has 3 aromatic carbocycles. The van der Waals surface area contributed by atoms with Gasteiger partial charge in [0.2, 0.25) is 0 Å². The van der Waals surface area contributed by atoms with Crippen LogP contribution in [0.2, 0.25) is 0 Å². The molecule has 1 aromatic heterocycles. The second-order valence-electron chi connectivity index (χ2n) is 5.17. The molecule has 0 aliphatic rings. The summed E-state index contributed by atoms with van der Waals surface area (Å²) >= 11 is 0. The van der Waals surface area contributed by atoms with Crippen molar-refractivity contribution in [1.82, 2.24) is 26.0 Å². The Morgan fingerprint density at radius 3 is 2.33 bits per heavy atom. The largest absolute Gasteiger partial charge is 0.312 e. The zero-order chi connectivity index (χ0) is 16.4. The van der Waals surface area contributed by atoms with Crippen LogP contribution in [0, 0.1) is 0 Å². The number of aromatic amines is 1. The summed E-state index contributed by atoms with van der Waals surface area (Å²) in [6.45, 7) is 0. The number of nitrogens with zero attached hydrogens (tertiary/aromatic N) is 4. The van der Waals surface area contributed by atoms with Gasteiger partial charge in [0.05, 0.1) is 6.21 Å². The molecule has 4 rings (SSSR count). The zero-order valence-corrected chi connectivity index (χ0v) is 12.5. The number of hydrazone groups is 1. The molecule has 0 aliphatic heterocycles. The summed E-state index contributed by atoms with van der Waals surface area (Å²) < 4.78 is 0. The lowest BCUT2D eigenvalue weighted by Crippen LogP contribution is -2.19. The van der Waals surface area contributed by atoms with Crippen LogP contribution in [0.3, 0.4) is 0 Å². The Bertz CT molecular complexity index is 1000. The van der Waals surface area contributed by atoms with E-state index >= 15 is 0 Å². The Morgan fingerprint density at radius 2 is 1.71 bits per heavy atom. The summed E-state index contributed by atoms with van der Waals surface area (Å²) in [5.41, 5.74) is 3.35. The van der Waals surface area contributed by atoms with Gasteiger partial charge in [-0.1, -0.05) is 48.5 Å². The van der Waals surface area contributed by atoms with Crippen LogP contribution >= 0.6 is 0 Å². The molecule has 4 aromatic rings. The Kier molecular flexibility index (Phi) is 3.43. The SMILES string of the molecule is O=C(N/N=C/c1c2ccccc2cc2ccccc12)c1nn[nH]n1. The van der Waals surface area contributed by atoms with Crippen LogP contribution in [0.25, 0.3) is 21.5 Å². The molecule has 116 valence electrons. The summed E-state index contributed by atoms with van der Waals surface area (Å²) in [6, 6.07) is 18.3. The Hall–Kier alpha value is -3.61. The third kappa shape index (κ3) is 2.48. The maximum atomic E-state index is 11.8. The van der Waals surface area contributed by atoms with E-state index in [0.29, 0.717) is 0 Å². The second-order valence-corrected chi connectivity index (χ2v) is 5.17. The summed E-state index contributed by atoms with van der Waals surface area (Å²) in [4.78, 5) is 11.8. The van der Waals surface area contributed by atoms with Crippen molar-refractivity contribution < 1.29 is 4.79 Å². The first kappa shape index (κ1) is 14.0. The van der Waals surface area contributed by atoms with Crippen molar-refractivity contribution in [2.45, 2.75) is 0 Å². The van der Waals surface area contributed by atoms with Crippen LogP contribution in [0.15, 0.2) is 59.7 Å². The Morgan fingerprint density at radius 1 is 1.04 bits per heavy atom. The van der Waals surface area contributed by atoms with Gasteiger partial charge < -0.3 is 0 Å². The first-order chi connectivity index (χ1) is 11.8. The maximum absolute atomic E-state index is 11.8. The van der Waals surface area contributed by atoms with Gasteiger partial charge in [-0.15, -0.1) is 10.2 Å². The maximum Gasteiger partial charge on any atom is 0.312 e. The third-order valence-electron chi connectivity index (χ3n) is 3.72. The molecule has 0 bridgehead atoms. The van der Waals surface area contributed by atoms with E-state index in [1.807, 2.05) is 36.4 Å².